The van der Waals surface area contributed by atoms with Crippen molar-refractivity contribution in [2.75, 3.05) is 6.79 Å². The number of nitriles is 1. The molecule has 0 unspecified atom stereocenters. The molecule has 0 bridgehead atoms. The van der Waals surface area contributed by atoms with E-state index in [0.29, 0.717) is 28.0 Å². The van der Waals surface area contributed by atoms with Gasteiger partial charge in [0.15, 0.2) is 11.5 Å². The molecule has 3 rings (SSSR count). The van der Waals surface area contributed by atoms with E-state index in [2.05, 4.69) is 12.2 Å². The second kappa shape index (κ2) is 7.14. The smallest absolute Gasteiger partial charge is 0.262 e. The third-order valence-corrected chi connectivity index (χ3v) is 4.83. The standard InChI is InChI=1S/C18H19ClN2O3/c1-11-4-2-3-5-15(11)21-18(22)13(9-20)6-12-7-14(19)17-16(8-12)23-10-24-17/h6-8,11,15H,2-5,10H2,1H3,(H,21,22)/b13-6+/t11-,15+/m1/s1. The summed E-state index contributed by atoms with van der Waals surface area (Å²) in [6, 6.07) is 5.47. The maximum atomic E-state index is 12.4. The van der Waals surface area contributed by atoms with Crippen LogP contribution in [0.25, 0.3) is 6.08 Å². The molecule has 1 N–H and O–H groups in total. The molecule has 0 saturated heterocycles. The summed E-state index contributed by atoms with van der Waals surface area (Å²) < 4.78 is 10.6. The van der Waals surface area contributed by atoms with Crippen LogP contribution in [0, 0.1) is 17.2 Å². The summed E-state index contributed by atoms with van der Waals surface area (Å²) in [6.45, 7) is 2.25. The Bertz CT molecular complexity index is 724. The Morgan fingerprint density at radius 2 is 2.17 bits per heavy atom. The normalized spacial score (nSPS) is 22.8. The molecule has 5 nitrogen and oxygen atoms in total. The molecule has 2 aliphatic rings. The summed E-state index contributed by atoms with van der Waals surface area (Å²) in [4.78, 5) is 12.4. The number of carbonyl (C=O) groups is 1. The number of halogens is 1. The molecule has 1 saturated carbocycles. The minimum atomic E-state index is -0.343. The molecule has 24 heavy (non-hydrogen) atoms. The van der Waals surface area contributed by atoms with Crippen molar-refractivity contribution in [3.8, 4) is 17.6 Å². The highest BCUT2D eigenvalue weighted by molar-refractivity contribution is 6.32. The lowest BCUT2D eigenvalue weighted by atomic mass is 9.86. The van der Waals surface area contributed by atoms with Crippen LogP contribution in [-0.2, 0) is 4.79 Å². The molecule has 1 aliphatic carbocycles. The van der Waals surface area contributed by atoms with Crippen molar-refractivity contribution in [1.82, 2.24) is 5.32 Å². The van der Waals surface area contributed by atoms with Crippen LogP contribution in [-0.4, -0.2) is 18.7 Å². The van der Waals surface area contributed by atoms with Gasteiger partial charge < -0.3 is 14.8 Å². The van der Waals surface area contributed by atoms with Crippen LogP contribution < -0.4 is 14.8 Å². The molecular weight excluding hydrogens is 328 g/mol. The number of hydrogen-bond acceptors (Lipinski definition) is 4. The summed E-state index contributed by atoms with van der Waals surface area (Å²) in [5.74, 6) is 1.10. The second-order valence-corrected chi connectivity index (χ2v) is 6.66. The van der Waals surface area contributed by atoms with E-state index < -0.39 is 0 Å². The molecule has 2 atom stereocenters. The molecular formula is C18H19ClN2O3. The monoisotopic (exact) mass is 346 g/mol. The van der Waals surface area contributed by atoms with E-state index >= 15 is 0 Å². The van der Waals surface area contributed by atoms with E-state index in [1.54, 1.807) is 12.1 Å². The lowest BCUT2D eigenvalue weighted by Crippen LogP contribution is -2.41. The van der Waals surface area contributed by atoms with Gasteiger partial charge in [0, 0.05) is 6.04 Å². The molecule has 1 aliphatic heterocycles. The number of rotatable bonds is 3. The molecule has 1 fully saturated rings. The molecule has 0 radical (unpaired) electrons. The number of hydrogen-bond donors (Lipinski definition) is 1. The van der Waals surface area contributed by atoms with Gasteiger partial charge in [-0.25, -0.2) is 0 Å². The summed E-state index contributed by atoms with van der Waals surface area (Å²) in [7, 11) is 0. The van der Waals surface area contributed by atoms with Gasteiger partial charge in [-0.3, -0.25) is 4.79 Å². The van der Waals surface area contributed by atoms with Gasteiger partial charge in [-0.1, -0.05) is 31.4 Å². The molecule has 126 valence electrons. The van der Waals surface area contributed by atoms with E-state index in [0.717, 1.165) is 19.3 Å². The molecule has 0 spiro atoms. The van der Waals surface area contributed by atoms with E-state index in [4.69, 9.17) is 21.1 Å². The first kappa shape index (κ1) is 16.7. The van der Waals surface area contributed by atoms with Gasteiger partial charge in [0.1, 0.15) is 11.6 Å². The van der Waals surface area contributed by atoms with Crippen LogP contribution in [0.2, 0.25) is 5.02 Å². The molecule has 1 aromatic rings. The lowest BCUT2D eigenvalue weighted by molar-refractivity contribution is -0.118. The first-order valence-corrected chi connectivity index (χ1v) is 8.48. The van der Waals surface area contributed by atoms with Crippen molar-refractivity contribution in [3.63, 3.8) is 0 Å². The molecule has 1 aromatic carbocycles. The number of nitrogens with one attached hydrogen (secondary N) is 1. The van der Waals surface area contributed by atoms with Crippen molar-refractivity contribution in [1.29, 1.82) is 5.26 Å². The van der Waals surface area contributed by atoms with Crippen molar-refractivity contribution >= 4 is 23.6 Å². The summed E-state index contributed by atoms with van der Waals surface area (Å²) in [6.07, 6.45) is 5.90. The average Bonchev–Trinajstić information content (AvgIpc) is 3.03. The van der Waals surface area contributed by atoms with Crippen LogP contribution in [0.4, 0.5) is 0 Å². The third-order valence-electron chi connectivity index (χ3n) is 4.55. The van der Waals surface area contributed by atoms with Crippen LogP contribution in [0.15, 0.2) is 17.7 Å². The van der Waals surface area contributed by atoms with Gasteiger partial charge >= 0.3 is 0 Å². The Hall–Kier alpha value is -2.19. The summed E-state index contributed by atoms with van der Waals surface area (Å²) in [5, 5.41) is 12.7. The predicted octanol–water partition coefficient (Wildman–Crippen LogP) is 3.67. The van der Waals surface area contributed by atoms with E-state index in [9.17, 15) is 10.1 Å². The van der Waals surface area contributed by atoms with Gasteiger partial charge in [-0.2, -0.15) is 5.26 Å². The number of fused-ring (bicyclic) bond motifs is 1. The lowest BCUT2D eigenvalue weighted by Gasteiger charge is -2.29. The first-order chi connectivity index (χ1) is 11.6. The maximum absolute atomic E-state index is 12.4. The van der Waals surface area contributed by atoms with Crippen molar-refractivity contribution < 1.29 is 14.3 Å². The van der Waals surface area contributed by atoms with Gasteiger partial charge in [-0.05, 0) is 42.5 Å². The predicted molar refractivity (Wildman–Crippen MR) is 90.7 cm³/mol. The van der Waals surface area contributed by atoms with Gasteiger partial charge in [-0.15, -0.1) is 0 Å². The van der Waals surface area contributed by atoms with E-state index in [1.807, 2.05) is 6.07 Å². The summed E-state index contributed by atoms with van der Waals surface area (Å²) >= 11 is 6.14. The number of amides is 1. The average molecular weight is 347 g/mol. The molecule has 0 aromatic heterocycles. The number of benzene rings is 1. The molecule has 1 amide bonds. The Labute approximate surface area is 146 Å². The Balaban J connectivity index is 1.78. The number of nitrogens with zero attached hydrogens (tertiary/aromatic N) is 1. The zero-order valence-corrected chi connectivity index (χ0v) is 14.2. The van der Waals surface area contributed by atoms with E-state index in [1.165, 1.54) is 12.5 Å². The maximum Gasteiger partial charge on any atom is 0.262 e. The van der Waals surface area contributed by atoms with Crippen molar-refractivity contribution in [3.05, 3.63) is 28.3 Å². The van der Waals surface area contributed by atoms with Crippen LogP contribution in [0.3, 0.4) is 0 Å². The number of carbonyl (C=O) groups excluding carboxylic acids is 1. The highest BCUT2D eigenvalue weighted by Crippen LogP contribution is 2.40. The number of ether oxygens (including phenoxy) is 2. The second-order valence-electron chi connectivity index (χ2n) is 6.25. The minimum absolute atomic E-state index is 0.0581. The largest absolute Gasteiger partial charge is 0.454 e. The minimum Gasteiger partial charge on any atom is -0.454 e. The van der Waals surface area contributed by atoms with Gasteiger partial charge in [0.05, 0.1) is 5.02 Å². The van der Waals surface area contributed by atoms with Crippen molar-refractivity contribution in [2.45, 2.75) is 38.6 Å². The van der Waals surface area contributed by atoms with Crippen LogP contribution in [0.1, 0.15) is 38.2 Å². The van der Waals surface area contributed by atoms with Crippen LogP contribution in [0.5, 0.6) is 11.5 Å². The SMILES string of the molecule is C[C@@H]1CCCC[C@@H]1NC(=O)/C(C#N)=C/c1cc(Cl)c2c(c1)OCO2. The van der Waals surface area contributed by atoms with Gasteiger partial charge in [0.2, 0.25) is 6.79 Å². The highest BCUT2D eigenvalue weighted by Gasteiger charge is 2.24. The Kier molecular flexibility index (Phi) is 4.96. The molecule has 6 heteroatoms. The highest BCUT2D eigenvalue weighted by atomic mass is 35.5. The topological polar surface area (TPSA) is 71.4 Å². The first-order valence-electron chi connectivity index (χ1n) is 8.10. The fraction of sp³-hybridized carbons (Fsp3) is 0.444. The Morgan fingerprint density at radius 3 is 2.92 bits per heavy atom. The van der Waals surface area contributed by atoms with E-state index in [-0.39, 0.29) is 24.3 Å². The third kappa shape index (κ3) is 3.49. The zero-order chi connectivity index (χ0) is 17.1. The van der Waals surface area contributed by atoms with Crippen molar-refractivity contribution in [2.24, 2.45) is 5.92 Å². The van der Waals surface area contributed by atoms with Crippen LogP contribution >= 0.6 is 11.6 Å². The zero-order valence-electron chi connectivity index (χ0n) is 13.5. The Morgan fingerprint density at radius 1 is 1.38 bits per heavy atom. The summed E-state index contributed by atoms with van der Waals surface area (Å²) in [5.41, 5.74) is 0.690. The van der Waals surface area contributed by atoms with Gasteiger partial charge in [0.25, 0.3) is 5.91 Å². The quantitative estimate of drug-likeness (QED) is 0.669. The molecule has 1 heterocycles. The fourth-order valence-electron chi connectivity index (χ4n) is 3.16. The fourth-order valence-corrected chi connectivity index (χ4v) is 3.44.